The maximum Gasteiger partial charge on any atom is 0.504 e. The van der Waals surface area contributed by atoms with Crippen molar-refractivity contribution >= 4 is 29.5 Å². The summed E-state index contributed by atoms with van der Waals surface area (Å²) in [6, 6.07) is 33.3. The Labute approximate surface area is 163 Å². The first kappa shape index (κ1) is 16.7. The van der Waals surface area contributed by atoms with E-state index in [-0.39, 0.29) is 7.69 Å². The van der Waals surface area contributed by atoms with Crippen LogP contribution in [-0.4, -0.2) is 17.3 Å². The van der Waals surface area contributed by atoms with Crippen LogP contribution in [0.3, 0.4) is 0 Å². The second-order valence-corrected chi connectivity index (χ2v) is 6.72. The van der Waals surface area contributed by atoms with Gasteiger partial charge >= 0.3 is 7.69 Å². The molecule has 0 fully saturated rings. The molecule has 0 saturated heterocycles. The zero-order valence-corrected chi connectivity index (χ0v) is 15.2. The van der Waals surface area contributed by atoms with Gasteiger partial charge in [-0.1, -0.05) is 54.6 Å². The molecule has 0 spiro atoms. The zero-order chi connectivity index (χ0) is 18.9. The fourth-order valence-electron chi connectivity index (χ4n) is 3.83. The number of aromatic nitrogens is 1. The molecule has 0 amide bonds. The standard InChI is InChI=1S/C24H18BNO2/c27-25-28-20-12-14-24-22(16-20)21-15-18(17-7-3-1-4-8-17)11-13-23(21)26(24)19-9-5-2-6-10-19/h1-16,25,27H. The second-order valence-electron chi connectivity index (χ2n) is 6.72. The summed E-state index contributed by atoms with van der Waals surface area (Å²) in [6.45, 7) is 0. The van der Waals surface area contributed by atoms with Gasteiger partial charge in [-0.3, -0.25) is 0 Å². The molecule has 5 rings (SSSR count). The van der Waals surface area contributed by atoms with E-state index in [1.165, 1.54) is 11.1 Å². The van der Waals surface area contributed by atoms with E-state index in [4.69, 9.17) is 9.68 Å². The Balaban J connectivity index is 1.83. The Hall–Kier alpha value is -3.50. The van der Waals surface area contributed by atoms with E-state index in [1.54, 1.807) is 0 Å². The molecule has 1 N–H and O–H groups in total. The normalized spacial score (nSPS) is 11.0. The van der Waals surface area contributed by atoms with Crippen molar-refractivity contribution in [1.29, 1.82) is 0 Å². The lowest BCUT2D eigenvalue weighted by Gasteiger charge is -2.08. The van der Waals surface area contributed by atoms with Crippen molar-refractivity contribution in [2.75, 3.05) is 0 Å². The molecule has 28 heavy (non-hydrogen) atoms. The average molecular weight is 363 g/mol. The lowest BCUT2D eigenvalue weighted by molar-refractivity contribution is 0.454. The van der Waals surface area contributed by atoms with Crippen molar-refractivity contribution in [3.8, 4) is 22.6 Å². The molecular formula is C24H18BNO2. The Morgan fingerprint density at radius 3 is 2.00 bits per heavy atom. The monoisotopic (exact) mass is 363 g/mol. The number of para-hydroxylation sites is 1. The summed E-state index contributed by atoms with van der Waals surface area (Å²) < 4.78 is 7.61. The van der Waals surface area contributed by atoms with E-state index in [0.717, 1.165) is 27.5 Å². The van der Waals surface area contributed by atoms with E-state index in [2.05, 4.69) is 77.4 Å². The van der Waals surface area contributed by atoms with Crippen LogP contribution in [0.25, 0.3) is 38.6 Å². The fraction of sp³-hybridized carbons (Fsp3) is 0. The van der Waals surface area contributed by atoms with E-state index in [1.807, 2.05) is 24.3 Å². The zero-order valence-electron chi connectivity index (χ0n) is 15.2. The predicted molar refractivity (Wildman–Crippen MR) is 116 cm³/mol. The summed E-state index contributed by atoms with van der Waals surface area (Å²) >= 11 is 0. The molecule has 0 aliphatic carbocycles. The third-order valence-corrected chi connectivity index (χ3v) is 5.09. The van der Waals surface area contributed by atoms with Gasteiger partial charge < -0.3 is 14.2 Å². The molecule has 0 aliphatic heterocycles. The maximum absolute atomic E-state index is 9.15. The quantitative estimate of drug-likeness (QED) is 0.452. The van der Waals surface area contributed by atoms with Crippen molar-refractivity contribution in [2.24, 2.45) is 0 Å². The van der Waals surface area contributed by atoms with Crippen LogP contribution in [-0.2, 0) is 0 Å². The molecular weight excluding hydrogens is 345 g/mol. The number of hydrogen-bond acceptors (Lipinski definition) is 2. The van der Waals surface area contributed by atoms with Gasteiger partial charge in [-0.15, -0.1) is 0 Å². The van der Waals surface area contributed by atoms with Gasteiger partial charge in [0.05, 0.1) is 11.0 Å². The Kier molecular flexibility index (Phi) is 4.11. The van der Waals surface area contributed by atoms with E-state index < -0.39 is 0 Å². The molecule has 0 bridgehead atoms. The first-order chi connectivity index (χ1) is 13.8. The number of fused-ring (bicyclic) bond motifs is 3. The van der Waals surface area contributed by atoms with E-state index >= 15 is 0 Å². The van der Waals surface area contributed by atoms with Gasteiger partial charge in [0, 0.05) is 16.5 Å². The number of benzene rings is 4. The van der Waals surface area contributed by atoms with Crippen molar-refractivity contribution in [2.45, 2.75) is 0 Å². The van der Waals surface area contributed by atoms with Crippen LogP contribution >= 0.6 is 0 Å². The largest absolute Gasteiger partial charge is 0.539 e. The first-order valence-electron chi connectivity index (χ1n) is 9.28. The lowest BCUT2D eigenvalue weighted by atomic mass is 10.0. The molecule has 0 unspecified atom stereocenters. The molecule has 0 aliphatic rings. The Bertz CT molecular complexity index is 1260. The van der Waals surface area contributed by atoms with Crippen LogP contribution in [0.15, 0.2) is 97.1 Å². The van der Waals surface area contributed by atoms with Gasteiger partial charge in [0.25, 0.3) is 0 Å². The average Bonchev–Trinajstić information content (AvgIpc) is 3.08. The minimum absolute atomic E-state index is 0.335. The SMILES string of the molecule is OBOc1ccc2c(c1)c1cc(-c3ccccc3)ccc1n2-c1ccccc1. The molecule has 3 nitrogen and oxygen atoms in total. The maximum atomic E-state index is 9.15. The molecule has 0 radical (unpaired) electrons. The van der Waals surface area contributed by atoms with Crippen LogP contribution in [0.2, 0.25) is 0 Å². The second kappa shape index (κ2) is 6.91. The molecule has 134 valence electrons. The number of nitrogens with zero attached hydrogens (tertiary/aromatic N) is 1. The van der Waals surface area contributed by atoms with Gasteiger partial charge in [0.1, 0.15) is 5.75 Å². The molecule has 1 heterocycles. The van der Waals surface area contributed by atoms with Crippen LogP contribution in [0, 0.1) is 0 Å². The molecule has 1 aromatic heterocycles. The minimum atomic E-state index is -0.335. The Morgan fingerprint density at radius 1 is 0.643 bits per heavy atom. The highest BCUT2D eigenvalue weighted by atomic mass is 16.5. The fourth-order valence-corrected chi connectivity index (χ4v) is 3.83. The van der Waals surface area contributed by atoms with Crippen LogP contribution in [0.5, 0.6) is 5.75 Å². The number of rotatable bonds is 4. The van der Waals surface area contributed by atoms with Gasteiger partial charge in [-0.05, 0) is 53.6 Å². The van der Waals surface area contributed by atoms with Crippen molar-refractivity contribution in [1.82, 2.24) is 4.57 Å². The summed E-state index contributed by atoms with van der Waals surface area (Å²) in [4.78, 5) is 0. The number of hydrogen-bond donors (Lipinski definition) is 1. The first-order valence-corrected chi connectivity index (χ1v) is 9.28. The summed E-state index contributed by atoms with van der Waals surface area (Å²) in [6.07, 6.45) is 0. The molecule has 0 atom stereocenters. The van der Waals surface area contributed by atoms with Crippen LogP contribution in [0.1, 0.15) is 0 Å². The Morgan fingerprint density at radius 2 is 1.29 bits per heavy atom. The van der Waals surface area contributed by atoms with E-state index in [0.29, 0.717) is 5.75 Å². The van der Waals surface area contributed by atoms with Crippen LogP contribution in [0.4, 0.5) is 0 Å². The van der Waals surface area contributed by atoms with Crippen molar-refractivity contribution < 1.29 is 9.68 Å². The van der Waals surface area contributed by atoms with Crippen LogP contribution < -0.4 is 4.65 Å². The third-order valence-electron chi connectivity index (χ3n) is 5.09. The highest BCUT2D eigenvalue weighted by Gasteiger charge is 2.14. The topological polar surface area (TPSA) is 34.4 Å². The highest BCUT2D eigenvalue weighted by Crippen LogP contribution is 2.36. The van der Waals surface area contributed by atoms with E-state index in [9.17, 15) is 0 Å². The smallest absolute Gasteiger partial charge is 0.504 e. The summed E-state index contributed by atoms with van der Waals surface area (Å²) in [5, 5.41) is 11.4. The van der Waals surface area contributed by atoms with Crippen molar-refractivity contribution in [3.05, 3.63) is 97.1 Å². The van der Waals surface area contributed by atoms with Gasteiger partial charge in [0.2, 0.25) is 0 Å². The summed E-state index contributed by atoms with van der Waals surface area (Å²) in [5.74, 6) is 0.659. The molecule has 0 saturated carbocycles. The molecule has 5 aromatic rings. The van der Waals surface area contributed by atoms with Gasteiger partial charge in [-0.2, -0.15) is 0 Å². The summed E-state index contributed by atoms with van der Waals surface area (Å²) in [5.41, 5.74) is 5.73. The third kappa shape index (κ3) is 2.75. The van der Waals surface area contributed by atoms with Gasteiger partial charge in [-0.25, -0.2) is 0 Å². The molecule has 4 aromatic carbocycles. The molecule has 4 heteroatoms. The highest BCUT2D eigenvalue weighted by molar-refractivity contribution is 6.17. The van der Waals surface area contributed by atoms with Crippen molar-refractivity contribution in [3.63, 3.8) is 0 Å². The predicted octanol–water partition coefficient (Wildman–Crippen LogP) is 5.09. The summed E-state index contributed by atoms with van der Waals surface area (Å²) in [7, 11) is -0.335. The van der Waals surface area contributed by atoms with Gasteiger partial charge in [0.15, 0.2) is 0 Å². The lowest BCUT2D eigenvalue weighted by Crippen LogP contribution is -1.99. The minimum Gasteiger partial charge on any atom is -0.539 e.